The summed E-state index contributed by atoms with van der Waals surface area (Å²) < 4.78 is 6.61. The molecule has 2 rings (SSSR count). The first-order valence-corrected chi connectivity index (χ1v) is 7.00. The number of hydrogen-bond donors (Lipinski definition) is 0. The van der Waals surface area contributed by atoms with Crippen molar-refractivity contribution >= 4 is 46.4 Å². The van der Waals surface area contributed by atoms with Crippen molar-refractivity contribution in [3.05, 3.63) is 54.8 Å². The van der Waals surface area contributed by atoms with E-state index in [1.165, 1.54) is 6.20 Å². The number of aromatic nitrogens is 2. The molecule has 0 aliphatic heterocycles. The van der Waals surface area contributed by atoms with Crippen molar-refractivity contribution in [2.24, 2.45) is 0 Å². The van der Waals surface area contributed by atoms with Gasteiger partial charge in [-0.15, -0.1) is 0 Å². The molecule has 1 aromatic carbocycles. The van der Waals surface area contributed by atoms with Gasteiger partial charge in [-0.2, -0.15) is 5.10 Å². The maximum atomic E-state index is 11.7. The molecule has 2 aromatic rings. The quantitative estimate of drug-likeness (QED) is 0.836. The molecule has 20 heavy (non-hydrogen) atoms. The van der Waals surface area contributed by atoms with E-state index in [0.29, 0.717) is 15.8 Å². The van der Waals surface area contributed by atoms with Crippen molar-refractivity contribution < 1.29 is 4.74 Å². The Morgan fingerprint density at radius 1 is 1.10 bits per heavy atom. The van der Waals surface area contributed by atoms with E-state index in [1.807, 2.05) is 0 Å². The largest absolute Gasteiger partial charge is 0.489 e. The lowest BCUT2D eigenvalue weighted by Gasteiger charge is -2.10. The highest BCUT2D eigenvalue weighted by Crippen LogP contribution is 2.32. The molecule has 4 nitrogen and oxygen atoms in total. The van der Waals surface area contributed by atoms with E-state index in [9.17, 15) is 4.79 Å². The van der Waals surface area contributed by atoms with E-state index >= 15 is 0 Å². The summed E-state index contributed by atoms with van der Waals surface area (Å²) in [6.45, 7) is 0.353. The summed E-state index contributed by atoms with van der Waals surface area (Å²) in [6, 6.07) is 5.03. The van der Waals surface area contributed by atoms with Crippen LogP contribution in [0.3, 0.4) is 0 Å². The van der Waals surface area contributed by atoms with E-state index in [1.54, 1.807) is 18.2 Å². The van der Waals surface area contributed by atoms with Gasteiger partial charge in [0.25, 0.3) is 5.56 Å². The third-order valence-corrected chi connectivity index (χ3v) is 3.75. The zero-order chi connectivity index (χ0) is 14.7. The summed E-state index contributed by atoms with van der Waals surface area (Å²) in [6.07, 6.45) is 1.30. The van der Waals surface area contributed by atoms with Gasteiger partial charge in [-0.1, -0.05) is 52.5 Å². The van der Waals surface area contributed by atoms with E-state index in [4.69, 9.17) is 51.1 Å². The molecule has 0 amide bonds. The minimum Gasteiger partial charge on any atom is -0.489 e. The molecule has 0 saturated carbocycles. The number of benzene rings is 1. The molecular formula is C12H8Cl4N2O2. The third kappa shape index (κ3) is 3.38. The van der Waals surface area contributed by atoms with Crippen LogP contribution in [0, 0.1) is 0 Å². The lowest BCUT2D eigenvalue weighted by molar-refractivity contribution is 0.288. The Morgan fingerprint density at radius 2 is 1.75 bits per heavy atom. The Balaban J connectivity index is 2.07. The lowest BCUT2D eigenvalue weighted by Crippen LogP contribution is -2.26. The average Bonchev–Trinajstić information content (AvgIpc) is 2.42. The van der Waals surface area contributed by atoms with Crippen LogP contribution in [0.4, 0.5) is 0 Å². The molecule has 0 radical (unpaired) electrons. The fourth-order valence-electron chi connectivity index (χ4n) is 1.46. The predicted molar refractivity (Wildman–Crippen MR) is 80.5 cm³/mol. The second kappa shape index (κ2) is 6.68. The van der Waals surface area contributed by atoms with E-state index in [2.05, 4.69) is 5.10 Å². The van der Waals surface area contributed by atoms with Gasteiger partial charge < -0.3 is 4.74 Å². The van der Waals surface area contributed by atoms with Crippen molar-refractivity contribution in [3.63, 3.8) is 0 Å². The summed E-state index contributed by atoms with van der Waals surface area (Å²) >= 11 is 23.3. The Labute approximate surface area is 134 Å². The highest BCUT2D eigenvalue weighted by Gasteiger charge is 2.09. The van der Waals surface area contributed by atoms with Crippen LogP contribution >= 0.6 is 46.4 Å². The molecule has 0 fully saturated rings. The molecule has 0 atom stereocenters. The standard InChI is InChI=1S/C12H8Cl4N2O2/c13-7-2-1-3-8(14)11(7)20-5-4-18-12(19)10(16)9(15)6-17-18/h1-3,6H,4-5H2. The zero-order valence-electron chi connectivity index (χ0n) is 9.95. The van der Waals surface area contributed by atoms with Crippen molar-refractivity contribution in [2.45, 2.75) is 6.54 Å². The van der Waals surface area contributed by atoms with Crippen molar-refractivity contribution in [3.8, 4) is 5.75 Å². The molecule has 0 spiro atoms. The van der Waals surface area contributed by atoms with Gasteiger partial charge in [0.1, 0.15) is 11.6 Å². The van der Waals surface area contributed by atoms with E-state index in [-0.39, 0.29) is 23.2 Å². The van der Waals surface area contributed by atoms with Gasteiger partial charge in [-0.3, -0.25) is 4.79 Å². The van der Waals surface area contributed by atoms with Crippen LogP contribution in [0.1, 0.15) is 0 Å². The molecule has 0 N–H and O–H groups in total. The molecular weight excluding hydrogens is 346 g/mol. The minimum absolute atomic E-state index is 0.0718. The van der Waals surface area contributed by atoms with Gasteiger partial charge in [-0.05, 0) is 12.1 Å². The number of ether oxygens (including phenoxy) is 1. The molecule has 1 aromatic heterocycles. The van der Waals surface area contributed by atoms with Crippen LogP contribution in [-0.4, -0.2) is 16.4 Å². The Hall–Kier alpha value is -0.940. The van der Waals surface area contributed by atoms with Gasteiger partial charge in [0, 0.05) is 0 Å². The lowest BCUT2D eigenvalue weighted by atomic mass is 10.3. The fraction of sp³-hybridized carbons (Fsp3) is 0.167. The second-order valence-electron chi connectivity index (χ2n) is 3.73. The topological polar surface area (TPSA) is 44.1 Å². The number of hydrogen-bond acceptors (Lipinski definition) is 3. The van der Waals surface area contributed by atoms with E-state index < -0.39 is 5.56 Å². The highest BCUT2D eigenvalue weighted by molar-refractivity contribution is 6.41. The Kier molecular flexibility index (Phi) is 5.16. The maximum Gasteiger partial charge on any atom is 0.287 e. The summed E-state index contributed by atoms with van der Waals surface area (Å²) in [5.41, 5.74) is -0.479. The summed E-state index contributed by atoms with van der Waals surface area (Å²) in [5.74, 6) is 0.365. The number of para-hydroxylation sites is 1. The second-order valence-corrected chi connectivity index (χ2v) is 5.33. The first-order chi connectivity index (χ1) is 9.50. The van der Waals surface area contributed by atoms with Crippen molar-refractivity contribution in [1.82, 2.24) is 9.78 Å². The highest BCUT2D eigenvalue weighted by atomic mass is 35.5. The molecule has 0 unspecified atom stereocenters. The van der Waals surface area contributed by atoms with Crippen LogP contribution in [0.15, 0.2) is 29.2 Å². The number of nitrogens with zero attached hydrogens (tertiary/aromatic N) is 2. The molecule has 0 aliphatic carbocycles. The van der Waals surface area contributed by atoms with Crippen LogP contribution in [0.25, 0.3) is 0 Å². The molecule has 1 heterocycles. The Morgan fingerprint density at radius 3 is 2.40 bits per heavy atom. The molecule has 8 heteroatoms. The maximum absolute atomic E-state index is 11.7. The average molecular weight is 354 g/mol. The Bertz CT molecular complexity index is 667. The van der Waals surface area contributed by atoms with Crippen LogP contribution in [0.5, 0.6) is 5.75 Å². The van der Waals surface area contributed by atoms with Gasteiger partial charge in [0.2, 0.25) is 0 Å². The minimum atomic E-state index is -0.479. The van der Waals surface area contributed by atoms with Crippen molar-refractivity contribution in [2.75, 3.05) is 6.61 Å². The fourth-order valence-corrected chi connectivity index (χ4v) is 2.24. The van der Waals surface area contributed by atoms with Gasteiger partial charge >= 0.3 is 0 Å². The normalized spacial score (nSPS) is 10.6. The molecule has 106 valence electrons. The SMILES string of the molecule is O=c1c(Cl)c(Cl)cnn1CCOc1c(Cl)cccc1Cl. The monoisotopic (exact) mass is 352 g/mol. The van der Waals surface area contributed by atoms with Crippen LogP contribution in [-0.2, 0) is 6.54 Å². The van der Waals surface area contributed by atoms with Gasteiger partial charge in [-0.25, -0.2) is 4.68 Å². The molecule has 0 saturated heterocycles. The molecule has 0 aliphatic rings. The van der Waals surface area contributed by atoms with Gasteiger partial charge in [0.05, 0.1) is 27.8 Å². The number of halogens is 4. The third-order valence-electron chi connectivity index (χ3n) is 2.41. The van der Waals surface area contributed by atoms with Gasteiger partial charge in [0.15, 0.2) is 5.75 Å². The van der Waals surface area contributed by atoms with Crippen LogP contribution < -0.4 is 10.3 Å². The number of rotatable bonds is 4. The summed E-state index contributed by atoms with van der Waals surface area (Å²) in [5, 5.41) is 4.69. The summed E-state index contributed by atoms with van der Waals surface area (Å²) in [7, 11) is 0. The van der Waals surface area contributed by atoms with Crippen LogP contribution in [0.2, 0.25) is 20.1 Å². The predicted octanol–water partition coefficient (Wildman–Crippen LogP) is 3.94. The van der Waals surface area contributed by atoms with Crippen molar-refractivity contribution in [1.29, 1.82) is 0 Å². The first-order valence-electron chi connectivity index (χ1n) is 5.48. The smallest absolute Gasteiger partial charge is 0.287 e. The summed E-state index contributed by atoms with van der Waals surface area (Å²) in [4.78, 5) is 11.7. The first kappa shape index (κ1) is 15.4. The zero-order valence-corrected chi connectivity index (χ0v) is 13.0. The van der Waals surface area contributed by atoms with E-state index in [0.717, 1.165) is 4.68 Å². The molecule has 0 bridgehead atoms.